The first kappa shape index (κ1) is 22.4. The lowest BCUT2D eigenvalue weighted by molar-refractivity contribution is -0.133. The topological polar surface area (TPSA) is 58.4 Å². The number of carbonyl (C=O) groups excluding carboxylic acids is 1. The van der Waals surface area contributed by atoms with Gasteiger partial charge >= 0.3 is 0 Å². The minimum atomic E-state index is -0.132. The lowest BCUT2D eigenvalue weighted by Crippen LogP contribution is -2.48. The highest BCUT2D eigenvalue weighted by atomic mass is 16.2. The summed E-state index contributed by atoms with van der Waals surface area (Å²) in [6.07, 6.45) is 6.89. The molecule has 35 heavy (non-hydrogen) atoms. The van der Waals surface area contributed by atoms with Crippen LogP contribution in [0.1, 0.15) is 30.4 Å². The Hall–Kier alpha value is -3.09. The molecule has 0 saturated carbocycles. The Morgan fingerprint density at radius 1 is 0.800 bits per heavy atom. The zero-order valence-electron chi connectivity index (χ0n) is 20.6. The number of piperazine rings is 1. The molecule has 2 fully saturated rings. The second kappa shape index (κ2) is 9.17. The van der Waals surface area contributed by atoms with Gasteiger partial charge in [0.1, 0.15) is 0 Å². The number of nitrogens with one attached hydrogen (secondary N) is 2. The van der Waals surface area contributed by atoms with Crippen LogP contribution in [0.5, 0.6) is 0 Å². The van der Waals surface area contributed by atoms with Gasteiger partial charge in [0.25, 0.3) is 0 Å². The standard InChI is InChI=1S/C29H35N5O/c1-32-16-18-33(19-17-32)13-10-28(35)34-14-11-29(12-15-34,24-20-30-26-8-4-2-6-22(24)26)25-21-31-27-9-5-3-7-23(25)27/h2-9,20-21,30-31H,10-19H2,1H3. The number of aromatic amines is 2. The van der Waals surface area contributed by atoms with E-state index >= 15 is 0 Å². The van der Waals surface area contributed by atoms with Crippen molar-refractivity contribution in [3.8, 4) is 0 Å². The van der Waals surface area contributed by atoms with Gasteiger partial charge in [-0.15, -0.1) is 0 Å². The van der Waals surface area contributed by atoms with Crippen molar-refractivity contribution in [2.45, 2.75) is 24.7 Å². The third kappa shape index (κ3) is 4.05. The molecular formula is C29H35N5O. The van der Waals surface area contributed by atoms with Crippen molar-refractivity contribution in [1.29, 1.82) is 0 Å². The van der Waals surface area contributed by atoms with E-state index < -0.39 is 0 Å². The number of hydrogen-bond acceptors (Lipinski definition) is 3. The van der Waals surface area contributed by atoms with Gasteiger partial charge in [-0.2, -0.15) is 0 Å². The molecule has 2 saturated heterocycles. The summed E-state index contributed by atoms with van der Waals surface area (Å²) in [5, 5.41) is 2.57. The number of H-pyrrole nitrogens is 2. The van der Waals surface area contributed by atoms with Crippen molar-refractivity contribution in [2.24, 2.45) is 0 Å². The van der Waals surface area contributed by atoms with Gasteiger partial charge in [0.2, 0.25) is 5.91 Å². The molecule has 2 aromatic carbocycles. The Morgan fingerprint density at radius 3 is 1.91 bits per heavy atom. The normalized spacial score (nSPS) is 19.5. The predicted octanol–water partition coefficient (Wildman–Crippen LogP) is 4.20. The number of benzene rings is 2. The summed E-state index contributed by atoms with van der Waals surface area (Å²) in [5.74, 6) is 0.301. The lowest BCUT2D eigenvalue weighted by Gasteiger charge is -2.42. The van der Waals surface area contributed by atoms with E-state index in [1.54, 1.807) is 0 Å². The fourth-order valence-electron chi connectivity index (χ4n) is 6.24. The van der Waals surface area contributed by atoms with Crippen LogP contribution in [0.25, 0.3) is 21.8 Å². The third-order valence-electron chi connectivity index (χ3n) is 8.42. The summed E-state index contributed by atoms with van der Waals surface area (Å²) < 4.78 is 0. The molecule has 6 heteroatoms. The van der Waals surface area contributed by atoms with E-state index in [-0.39, 0.29) is 5.41 Å². The first-order valence-corrected chi connectivity index (χ1v) is 13.0. The monoisotopic (exact) mass is 469 g/mol. The second-order valence-electron chi connectivity index (χ2n) is 10.4. The van der Waals surface area contributed by atoms with Gasteiger partial charge in [-0.05, 0) is 43.1 Å². The van der Waals surface area contributed by atoms with Crippen LogP contribution in [0.15, 0.2) is 60.9 Å². The number of rotatable bonds is 5. The first-order chi connectivity index (χ1) is 17.1. The molecule has 6 nitrogen and oxygen atoms in total. The van der Waals surface area contributed by atoms with E-state index in [4.69, 9.17) is 0 Å². The van der Waals surface area contributed by atoms with Crippen LogP contribution in [0.3, 0.4) is 0 Å². The van der Waals surface area contributed by atoms with Gasteiger partial charge in [-0.1, -0.05) is 36.4 Å². The quantitative estimate of drug-likeness (QED) is 0.461. The molecule has 2 aliphatic rings. The van der Waals surface area contributed by atoms with Crippen LogP contribution in [-0.4, -0.2) is 83.4 Å². The molecule has 0 aliphatic carbocycles. The molecule has 2 N–H and O–H groups in total. The van der Waals surface area contributed by atoms with Gasteiger partial charge in [0, 0.05) is 91.8 Å². The molecule has 6 rings (SSSR count). The SMILES string of the molecule is CN1CCN(CCC(=O)N2CCC(c3c[nH]c4ccccc34)(c3c[nH]c4ccccc34)CC2)CC1. The molecule has 0 unspecified atom stereocenters. The Kier molecular flexibility index (Phi) is 5.86. The van der Waals surface area contributed by atoms with Gasteiger partial charge < -0.3 is 24.7 Å². The average Bonchev–Trinajstić information content (AvgIpc) is 3.54. The number of likely N-dealkylation sites (tertiary alicyclic amines) is 1. The summed E-state index contributed by atoms with van der Waals surface area (Å²) in [5.41, 5.74) is 4.91. The largest absolute Gasteiger partial charge is 0.361 e. The van der Waals surface area contributed by atoms with E-state index in [9.17, 15) is 4.79 Å². The molecule has 0 spiro atoms. The predicted molar refractivity (Wildman–Crippen MR) is 142 cm³/mol. The van der Waals surface area contributed by atoms with Crippen molar-refractivity contribution in [3.63, 3.8) is 0 Å². The highest BCUT2D eigenvalue weighted by Gasteiger charge is 2.41. The maximum Gasteiger partial charge on any atom is 0.223 e. The summed E-state index contributed by atoms with van der Waals surface area (Å²) in [7, 11) is 2.17. The van der Waals surface area contributed by atoms with Gasteiger partial charge in [-0.25, -0.2) is 0 Å². The Balaban J connectivity index is 1.26. The highest BCUT2D eigenvalue weighted by molar-refractivity contribution is 5.89. The fourth-order valence-corrected chi connectivity index (χ4v) is 6.24. The number of likely N-dealkylation sites (N-methyl/N-ethyl adjacent to an activating group) is 1. The Labute approximate surface area is 206 Å². The van der Waals surface area contributed by atoms with Crippen molar-refractivity contribution in [3.05, 3.63) is 72.1 Å². The number of fused-ring (bicyclic) bond motifs is 2. The Bertz CT molecular complexity index is 1250. The smallest absolute Gasteiger partial charge is 0.223 e. The van der Waals surface area contributed by atoms with Gasteiger partial charge in [-0.3, -0.25) is 4.79 Å². The summed E-state index contributed by atoms with van der Waals surface area (Å²) in [6, 6.07) is 17.2. The maximum atomic E-state index is 13.2. The number of para-hydroxylation sites is 2. The minimum Gasteiger partial charge on any atom is -0.361 e. The maximum absolute atomic E-state index is 13.2. The first-order valence-electron chi connectivity index (χ1n) is 13.0. The zero-order valence-corrected chi connectivity index (χ0v) is 20.6. The van der Waals surface area contributed by atoms with E-state index in [2.05, 4.69) is 92.6 Å². The van der Waals surface area contributed by atoms with Crippen molar-refractivity contribution in [2.75, 3.05) is 52.9 Å². The summed E-state index contributed by atoms with van der Waals surface area (Å²) in [6.45, 7) is 6.77. The minimum absolute atomic E-state index is 0.132. The molecular weight excluding hydrogens is 434 g/mol. The molecule has 2 aliphatic heterocycles. The Morgan fingerprint density at radius 2 is 1.34 bits per heavy atom. The van der Waals surface area contributed by atoms with Crippen LogP contribution in [0.2, 0.25) is 0 Å². The van der Waals surface area contributed by atoms with Crippen LogP contribution in [0.4, 0.5) is 0 Å². The molecule has 0 atom stereocenters. The van der Waals surface area contributed by atoms with E-state index in [0.29, 0.717) is 12.3 Å². The molecule has 4 heterocycles. The van der Waals surface area contributed by atoms with Crippen molar-refractivity contribution in [1.82, 2.24) is 24.7 Å². The van der Waals surface area contributed by atoms with Crippen molar-refractivity contribution < 1.29 is 4.79 Å². The lowest BCUT2D eigenvalue weighted by atomic mass is 9.68. The van der Waals surface area contributed by atoms with Gasteiger partial charge in [0.15, 0.2) is 0 Å². The van der Waals surface area contributed by atoms with E-state index in [0.717, 1.165) is 58.7 Å². The molecule has 4 aromatic rings. The number of hydrogen-bond donors (Lipinski definition) is 2. The number of nitrogens with zero attached hydrogens (tertiary/aromatic N) is 3. The molecule has 1 amide bonds. The van der Waals surface area contributed by atoms with E-state index in [1.807, 2.05) is 0 Å². The number of carbonyl (C=O) groups is 1. The summed E-state index contributed by atoms with van der Waals surface area (Å²) >= 11 is 0. The van der Waals surface area contributed by atoms with E-state index in [1.165, 1.54) is 32.9 Å². The summed E-state index contributed by atoms with van der Waals surface area (Å²) in [4.78, 5) is 27.1. The average molecular weight is 470 g/mol. The second-order valence-corrected chi connectivity index (χ2v) is 10.4. The molecule has 0 radical (unpaired) electrons. The van der Waals surface area contributed by atoms with Crippen molar-refractivity contribution >= 4 is 27.7 Å². The number of piperidine rings is 1. The van der Waals surface area contributed by atoms with Crippen LogP contribution in [0, 0.1) is 0 Å². The molecule has 182 valence electrons. The van der Waals surface area contributed by atoms with Crippen LogP contribution >= 0.6 is 0 Å². The van der Waals surface area contributed by atoms with Crippen LogP contribution in [-0.2, 0) is 10.2 Å². The molecule has 0 bridgehead atoms. The third-order valence-corrected chi connectivity index (χ3v) is 8.42. The van der Waals surface area contributed by atoms with Crippen LogP contribution < -0.4 is 0 Å². The number of amides is 1. The molecule has 2 aromatic heterocycles. The number of aromatic nitrogens is 2. The van der Waals surface area contributed by atoms with Gasteiger partial charge in [0.05, 0.1) is 0 Å². The fraction of sp³-hybridized carbons (Fsp3) is 0.414. The zero-order chi connectivity index (χ0) is 23.8. The highest BCUT2D eigenvalue weighted by Crippen LogP contribution is 2.47.